The van der Waals surface area contributed by atoms with Gasteiger partial charge in [0.1, 0.15) is 5.75 Å². The molecule has 0 saturated carbocycles. The molecule has 3 aromatic rings. The Morgan fingerprint density at radius 3 is 2.73 bits per heavy atom. The smallest absolute Gasteiger partial charge is 0.277 e. The second-order valence-electron chi connectivity index (χ2n) is 5.03. The van der Waals surface area contributed by atoms with Gasteiger partial charge < -0.3 is 14.5 Å². The molecule has 3 rings (SSSR count). The van der Waals surface area contributed by atoms with Gasteiger partial charge in [0.05, 0.1) is 10.8 Å². The number of benzene rings is 2. The van der Waals surface area contributed by atoms with Gasteiger partial charge in [-0.15, -0.1) is 10.2 Å². The molecule has 0 aliphatic carbocycles. The third-order valence-electron chi connectivity index (χ3n) is 3.08. The fourth-order valence-electron chi connectivity index (χ4n) is 1.93. The van der Waals surface area contributed by atoms with Crippen molar-refractivity contribution in [2.45, 2.75) is 11.8 Å². The number of hydrogen-bond acceptors (Lipinski definition) is 6. The normalized spacial score (nSPS) is 10.5. The summed E-state index contributed by atoms with van der Waals surface area (Å²) in [5.41, 5.74) is 0.734. The highest BCUT2D eigenvalue weighted by molar-refractivity contribution is 7.99. The Bertz CT molecular complexity index is 890. The molecule has 0 radical (unpaired) electrons. The molecule has 0 bridgehead atoms. The molecule has 6 nitrogen and oxygen atoms in total. The number of ether oxygens (including phenoxy) is 1. The van der Waals surface area contributed by atoms with Crippen LogP contribution in [-0.2, 0) is 11.4 Å². The number of hydrogen-bond donors (Lipinski definition) is 1. The molecular weight excluding hydrogens is 397 g/mol. The Morgan fingerprint density at radius 2 is 1.96 bits per heavy atom. The molecule has 134 valence electrons. The summed E-state index contributed by atoms with van der Waals surface area (Å²) in [6.07, 6.45) is 0. The van der Waals surface area contributed by atoms with Crippen molar-refractivity contribution in [2.24, 2.45) is 0 Å². The first-order chi connectivity index (χ1) is 12.6. The highest BCUT2D eigenvalue weighted by Crippen LogP contribution is 2.28. The van der Waals surface area contributed by atoms with E-state index in [1.54, 1.807) is 18.2 Å². The lowest BCUT2D eigenvalue weighted by molar-refractivity contribution is -0.113. The van der Waals surface area contributed by atoms with Gasteiger partial charge in [-0.05, 0) is 30.3 Å². The maximum atomic E-state index is 11.9. The number of nitrogens with one attached hydrogen (secondary N) is 1. The zero-order valence-electron chi connectivity index (χ0n) is 13.3. The highest BCUT2D eigenvalue weighted by Gasteiger charge is 2.11. The number of anilines is 1. The topological polar surface area (TPSA) is 77.2 Å². The van der Waals surface area contributed by atoms with E-state index < -0.39 is 0 Å². The zero-order valence-corrected chi connectivity index (χ0v) is 15.6. The number of carbonyl (C=O) groups excluding carboxylic acids is 1. The SMILES string of the molecule is O=C(CSc1nnc(COc2ccc(Cl)cc2Cl)o1)Nc1ccccc1. The van der Waals surface area contributed by atoms with Crippen molar-refractivity contribution < 1.29 is 13.9 Å². The number of rotatable bonds is 7. The van der Waals surface area contributed by atoms with Crippen LogP contribution in [0.1, 0.15) is 5.89 Å². The average Bonchev–Trinajstić information content (AvgIpc) is 3.08. The van der Waals surface area contributed by atoms with Gasteiger partial charge >= 0.3 is 0 Å². The molecule has 0 aliphatic rings. The van der Waals surface area contributed by atoms with Gasteiger partial charge in [-0.1, -0.05) is 53.2 Å². The summed E-state index contributed by atoms with van der Waals surface area (Å²) in [7, 11) is 0. The van der Waals surface area contributed by atoms with E-state index in [1.165, 1.54) is 0 Å². The van der Waals surface area contributed by atoms with E-state index in [0.29, 0.717) is 15.8 Å². The molecule has 2 aromatic carbocycles. The van der Waals surface area contributed by atoms with Gasteiger partial charge in [0.25, 0.3) is 11.1 Å². The van der Waals surface area contributed by atoms with Crippen LogP contribution in [-0.4, -0.2) is 21.9 Å². The van der Waals surface area contributed by atoms with E-state index in [9.17, 15) is 4.79 Å². The molecule has 1 aromatic heterocycles. The van der Waals surface area contributed by atoms with Gasteiger partial charge in [0.2, 0.25) is 5.91 Å². The summed E-state index contributed by atoms with van der Waals surface area (Å²) in [6, 6.07) is 14.1. The number of para-hydroxylation sites is 1. The molecule has 9 heteroatoms. The van der Waals surface area contributed by atoms with Gasteiger partial charge in [0.15, 0.2) is 6.61 Å². The van der Waals surface area contributed by atoms with Crippen LogP contribution in [0.3, 0.4) is 0 Å². The first kappa shape index (κ1) is 18.6. The molecule has 0 fully saturated rings. The molecule has 0 spiro atoms. The highest BCUT2D eigenvalue weighted by atomic mass is 35.5. The maximum absolute atomic E-state index is 11.9. The molecular formula is C17H13Cl2N3O3S. The lowest BCUT2D eigenvalue weighted by Crippen LogP contribution is -2.13. The number of nitrogens with zero attached hydrogens (tertiary/aromatic N) is 2. The van der Waals surface area contributed by atoms with Crippen LogP contribution in [0.5, 0.6) is 5.75 Å². The van der Waals surface area contributed by atoms with Crippen molar-refractivity contribution in [1.29, 1.82) is 0 Å². The Balaban J connectivity index is 1.47. The van der Waals surface area contributed by atoms with Crippen LogP contribution in [0.25, 0.3) is 0 Å². The van der Waals surface area contributed by atoms with Crippen LogP contribution < -0.4 is 10.1 Å². The Morgan fingerprint density at radius 1 is 1.15 bits per heavy atom. The summed E-state index contributed by atoms with van der Waals surface area (Å²) in [4.78, 5) is 11.9. The fraction of sp³-hybridized carbons (Fsp3) is 0.118. The summed E-state index contributed by atoms with van der Waals surface area (Å²) >= 11 is 13.0. The van der Waals surface area contributed by atoms with Crippen molar-refractivity contribution in [3.05, 3.63) is 64.5 Å². The van der Waals surface area contributed by atoms with Gasteiger partial charge in [-0.3, -0.25) is 4.79 Å². The van der Waals surface area contributed by atoms with Crippen molar-refractivity contribution in [1.82, 2.24) is 10.2 Å². The molecule has 1 heterocycles. The Labute approximate surface area is 163 Å². The minimum absolute atomic E-state index is 0.0606. The van der Waals surface area contributed by atoms with Crippen molar-refractivity contribution >= 4 is 46.6 Å². The Hall–Kier alpha value is -2.22. The minimum Gasteiger partial charge on any atom is -0.482 e. The number of halogens is 2. The van der Waals surface area contributed by atoms with E-state index >= 15 is 0 Å². The van der Waals surface area contributed by atoms with Gasteiger partial charge in [0, 0.05) is 10.7 Å². The molecule has 0 aliphatic heterocycles. The van der Waals surface area contributed by atoms with E-state index in [-0.39, 0.29) is 29.4 Å². The number of thioether (sulfide) groups is 1. The van der Waals surface area contributed by atoms with E-state index in [1.807, 2.05) is 30.3 Å². The average molecular weight is 410 g/mol. The first-order valence-corrected chi connectivity index (χ1v) is 9.22. The molecule has 26 heavy (non-hydrogen) atoms. The summed E-state index contributed by atoms with van der Waals surface area (Å²) in [6.45, 7) is 0.0606. The third kappa shape index (κ3) is 5.39. The second-order valence-corrected chi connectivity index (χ2v) is 6.80. The predicted molar refractivity (Wildman–Crippen MR) is 101 cm³/mol. The monoisotopic (exact) mass is 409 g/mol. The van der Waals surface area contributed by atoms with E-state index in [4.69, 9.17) is 32.4 Å². The summed E-state index contributed by atoms with van der Waals surface area (Å²) in [5.74, 6) is 0.735. The molecule has 0 unspecified atom stereocenters. The standard InChI is InChI=1S/C17H13Cl2N3O3S/c18-11-6-7-14(13(19)8-11)24-9-16-21-22-17(25-16)26-10-15(23)20-12-4-2-1-3-5-12/h1-8H,9-10H2,(H,20,23). The van der Waals surface area contributed by atoms with E-state index in [2.05, 4.69) is 15.5 Å². The quantitative estimate of drug-likeness (QED) is 0.570. The van der Waals surface area contributed by atoms with Crippen molar-refractivity contribution in [2.75, 3.05) is 11.1 Å². The van der Waals surface area contributed by atoms with Crippen LogP contribution in [0.2, 0.25) is 10.0 Å². The van der Waals surface area contributed by atoms with Crippen LogP contribution >= 0.6 is 35.0 Å². The summed E-state index contributed by atoms with van der Waals surface area (Å²) in [5, 5.41) is 11.7. The number of carbonyl (C=O) groups is 1. The third-order valence-corrected chi connectivity index (χ3v) is 4.43. The van der Waals surface area contributed by atoms with Gasteiger partial charge in [-0.2, -0.15) is 0 Å². The number of amides is 1. The summed E-state index contributed by atoms with van der Waals surface area (Å²) < 4.78 is 11.0. The first-order valence-electron chi connectivity index (χ1n) is 7.48. The fourth-order valence-corrected chi connectivity index (χ4v) is 2.98. The van der Waals surface area contributed by atoms with Crippen LogP contribution in [0.15, 0.2) is 58.2 Å². The molecule has 1 amide bonds. The second kappa shape index (κ2) is 8.93. The zero-order chi connectivity index (χ0) is 18.4. The lowest BCUT2D eigenvalue weighted by atomic mass is 10.3. The van der Waals surface area contributed by atoms with Crippen molar-refractivity contribution in [3.63, 3.8) is 0 Å². The molecule has 0 atom stereocenters. The largest absolute Gasteiger partial charge is 0.482 e. The van der Waals surface area contributed by atoms with Gasteiger partial charge in [-0.25, -0.2) is 0 Å². The molecule has 0 saturated heterocycles. The minimum atomic E-state index is -0.162. The molecule has 1 N–H and O–H groups in total. The Kier molecular flexibility index (Phi) is 6.38. The maximum Gasteiger partial charge on any atom is 0.277 e. The van der Waals surface area contributed by atoms with E-state index in [0.717, 1.165) is 17.4 Å². The van der Waals surface area contributed by atoms with Crippen molar-refractivity contribution in [3.8, 4) is 5.75 Å². The number of aromatic nitrogens is 2. The van der Waals surface area contributed by atoms with Crippen LogP contribution in [0, 0.1) is 0 Å². The van der Waals surface area contributed by atoms with Crippen LogP contribution in [0.4, 0.5) is 5.69 Å². The lowest BCUT2D eigenvalue weighted by Gasteiger charge is -2.05. The predicted octanol–water partition coefficient (Wildman–Crippen LogP) is 4.69.